The van der Waals surface area contributed by atoms with Crippen LogP contribution in [0.25, 0.3) is 21.3 Å². The van der Waals surface area contributed by atoms with Gasteiger partial charge in [-0.3, -0.25) is 4.79 Å². The monoisotopic (exact) mass is 458 g/mol. The summed E-state index contributed by atoms with van der Waals surface area (Å²) >= 11 is 8.38. The SMILES string of the molecule is Nn1c(SCc2nc3scc(-c4ccccc4Cl)c3c(=O)[nH]2)nnc1C(F)(F)F. The number of hydrogen-bond donors (Lipinski definition) is 2. The van der Waals surface area contributed by atoms with Crippen molar-refractivity contribution in [2.24, 2.45) is 0 Å². The minimum Gasteiger partial charge on any atom is -0.335 e. The van der Waals surface area contributed by atoms with Crippen molar-refractivity contribution in [2.45, 2.75) is 17.1 Å². The van der Waals surface area contributed by atoms with Crippen LogP contribution in [0, 0.1) is 0 Å². The maximum atomic E-state index is 12.7. The van der Waals surface area contributed by atoms with Gasteiger partial charge in [0.15, 0.2) is 0 Å². The minimum absolute atomic E-state index is 0.0533. The fourth-order valence-corrected chi connectivity index (χ4v) is 4.56. The fraction of sp³-hybridized carbons (Fsp3) is 0.125. The number of nitrogen functional groups attached to an aromatic ring is 1. The van der Waals surface area contributed by atoms with Gasteiger partial charge in [0.1, 0.15) is 10.7 Å². The van der Waals surface area contributed by atoms with Crippen LogP contribution in [0.5, 0.6) is 0 Å². The van der Waals surface area contributed by atoms with Crippen molar-refractivity contribution >= 4 is 44.9 Å². The van der Waals surface area contributed by atoms with Crippen molar-refractivity contribution in [3.05, 3.63) is 56.7 Å². The van der Waals surface area contributed by atoms with E-state index in [-0.39, 0.29) is 22.3 Å². The molecule has 3 N–H and O–H groups in total. The summed E-state index contributed by atoms with van der Waals surface area (Å²) < 4.78 is 38.6. The first-order chi connectivity index (χ1) is 13.8. The average Bonchev–Trinajstić information content (AvgIpc) is 3.24. The number of alkyl halides is 3. The van der Waals surface area contributed by atoms with Gasteiger partial charge in [0, 0.05) is 21.5 Å². The summed E-state index contributed by atoms with van der Waals surface area (Å²) in [5, 5.41) is 9.03. The van der Waals surface area contributed by atoms with Crippen molar-refractivity contribution in [2.75, 3.05) is 5.84 Å². The molecule has 0 bridgehead atoms. The van der Waals surface area contributed by atoms with Gasteiger partial charge in [-0.2, -0.15) is 13.2 Å². The van der Waals surface area contributed by atoms with Gasteiger partial charge in [-0.15, -0.1) is 21.5 Å². The van der Waals surface area contributed by atoms with E-state index in [0.29, 0.717) is 31.0 Å². The smallest absolute Gasteiger partial charge is 0.335 e. The molecule has 13 heteroatoms. The van der Waals surface area contributed by atoms with Gasteiger partial charge in [-0.1, -0.05) is 41.6 Å². The van der Waals surface area contributed by atoms with Crippen LogP contribution in [0.4, 0.5) is 13.2 Å². The summed E-state index contributed by atoms with van der Waals surface area (Å²) in [6.45, 7) is 0. The first-order valence-corrected chi connectivity index (χ1v) is 10.2. The van der Waals surface area contributed by atoms with E-state index in [0.717, 1.165) is 11.8 Å². The van der Waals surface area contributed by atoms with Crippen LogP contribution in [0.1, 0.15) is 11.6 Å². The first-order valence-electron chi connectivity index (χ1n) is 7.91. The topological polar surface area (TPSA) is 102 Å². The van der Waals surface area contributed by atoms with Gasteiger partial charge in [0.05, 0.1) is 11.1 Å². The molecule has 0 atom stereocenters. The Morgan fingerprint density at radius 3 is 2.69 bits per heavy atom. The number of fused-ring (bicyclic) bond motifs is 1. The van der Waals surface area contributed by atoms with Crippen LogP contribution in [0.2, 0.25) is 5.02 Å². The normalized spacial score (nSPS) is 12.0. The molecular formula is C16H10ClF3N6OS2. The highest BCUT2D eigenvalue weighted by Gasteiger charge is 2.38. The van der Waals surface area contributed by atoms with Gasteiger partial charge in [0.25, 0.3) is 11.4 Å². The Hall–Kier alpha value is -2.57. The number of nitrogens with one attached hydrogen (secondary N) is 1. The maximum absolute atomic E-state index is 12.7. The summed E-state index contributed by atoms with van der Waals surface area (Å²) in [5.74, 6) is 4.43. The second-order valence-electron chi connectivity index (χ2n) is 5.78. The maximum Gasteiger partial charge on any atom is 0.453 e. The summed E-state index contributed by atoms with van der Waals surface area (Å²) in [6, 6.07) is 7.14. The van der Waals surface area contributed by atoms with E-state index in [9.17, 15) is 18.0 Å². The highest BCUT2D eigenvalue weighted by Crippen LogP contribution is 2.35. The Balaban J connectivity index is 1.63. The molecule has 0 fully saturated rings. The second kappa shape index (κ2) is 7.35. The number of benzene rings is 1. The molecule has 0 radical (unpaired) electrons. The van der Waals surface area contributed by atoms with E-state index in [1.807, 2.05) is 6.07 Å². The molecule has 3 aromatic heterocycles. The first kappa shape index (κ1) is 19.7. The summed E-state index contributed by atoms with van der Waals surface area (Å²) in [5.41, 5.74) is 1.01. The highest BCUT2D eigenvalue weighted by molar-refractivity contribution is 7.98. The molecule has 150 valence electrons. The number of nitrogens with two attached hydrogens (primary N) is 1. The number of hydrogen-bond acceptors (Lipinski definition) is 7. The minimum atomic E-state index is -4.71. The lowest BCUT2D eigenvalue weighted by Gasteiger charge is -2.06. The van der Waals surface area contributed by atoms with Gasteiger partial charge in [0.2, 0.25) is 5.16 Å². The van der Waals surface area contributed by atoms with E-state index in [2.05, 4.69) is 20.2 Å². The average molecular weight is 459 g/mol. The van der Waals surface area contributed by atoms with E-state index in [1.54, 1.807) is 23.6 Å². The lowest BCUT2D eigenvalue weighted by Crippen LogP contribution is -2.21. The molecule has 4 aromatic rings. The highest BCUT2D eigenvalue weighted by atomic mass is 35.5. The lowest BCUT2D eigenvalue weighted by molar-refractivity contribution is -0.146. The number of thioether (sulfide) groups is 1. The largest absolute Gasteiger partial charge is 0.453 e. The van der Waals surface area contributed by atoms with Crippen LogP contribution in [0.3, 0.4) is 0 Å². The zero-order valence-electron chi connectivity index (χ0n) is 14.2. The molecule has 3 heterocycles. The van der Waals surface area contributed by atoms with Crippen molar-refractivity contribution < 1.29 is 13.2 Å². The molecule has 1 aromatic carbocycles. The Labute approximate surface area is 173 Å². The molecule has 7 nitrogen and oxygen atoms in total. The molecule has 0 aliphatic carbocycles. The molecule has 4 rings (SSSR count). The standard InChI is InChI=1S/C16H10ClF3N6OS2/c17-9-4-2-1-3-7(9)8-5-28-13-11(8)12(27)22-10(23-13)6-29-15-25-24-14(26(15)21)16(18,19)20/h1-5H,6,21H2,(H,22,23,27). The molecular weight excluding hydrogens is 449 g/mol. The number of thiophene rings is 1. The van der Waals surface area contributed by atoms with Crippen molar-refractivity contribution in [3.63, 3.8) is 0 Å². The lowest BCUT2D eigenvalue weighted by atomic mass is 10.1. The molecule has 0 amide bonds. The third-order valence-electron chi connectivity index (χ3n) is 3.91. The Bertz CT molecular complexity index is 1270. The third-order valence-corrected chi connectivity index (χ3v) is 6.07. The molecule has 29 heavy (non-hydrogen) atoms. The Morgan fingerprint density at radius 2 is 2.00 bits per heavy atom. The van der Waals surface area contributed by atoms with Gasteiger partial charge >= 0.3 is 6.18 Å². The van der Waals surface area contributed by atoms with Crippen molar-refractivity contribution in [1.82, 2.24) is 24.8 Å². The molecule has 0 saturated heterocycles. The van der Waals surface area contributed by atoms with Gasteiger partial charge in [-0.05, 0) is 6.07 Å². The predicted molar refractivity (Wildman–Crippen MR) is 105 cm³/mol. The van der Waals surface area contributed by atoms with E-state index >= 15 is 0 Å². The van der Waals surface area contributed by atoms with Crippen molar-refractivity contribution in [1.29, 1.82) is 0 Å². The number of aromatic amines is 1. The fourth-order valence-electron chi connectivity index (χ4n) is 2.64. The Morgan fingerprint density at radius 1 is 1.24 bits per heavy atom. The second-order valence-corrected chi connectivity index (χ2v) is 7.99. The van der Waals surface area contributed by atoms with Crippen LogP contribution in [0.15, 0.2) is 39.6 Å². The van der Waals surface area contributed by atoms with Gasteiger partial charge < -0.3 is 10.8 Å². The number of rotatable bonds is 4. The van der Waals surface area contributed by atoms with E-state index in [4.69, 9.17) is 17.4 Å². The summed E-state index contributed by atoms with van der Waals surface area (Å²) in [4.78, 5) is 20.2. The number of halogens is 4. The summed E-state index contributed by atoms with van der Waals surface area (Å²) in [6.07, 6.45) is -4.71. The number of aromatic nitrogens is 5. The Kier molecular flexibility index (Phi) is 5.00. The van der Waals surface area contributed by atoms with Crippen molar-refractivity contribution in [3.8, 4) is 11.1 Å². The van der Waals surface area contributed by atoms with E-state index in [1.165, 1.54) is 11.3 Å². The van der Waals surface area contributed by atoms with Crippen LogP contribution in [-0.4, -0.2) is 24.8 Å². The van der Waals surface area contributed by atoms with E-state index < -0.39 is 12.0 Å². The molecule has 0 spiro atoms. The third kappa shape index (κ3) is 3.70. The number of H-pyrrole nitrogens is 1. The van der Waals surface area contributed by atoms with Crippen LogP contribution in [-0.2, 0) is 11.9 Å². The zero-order chi connectivity index (χ0) is 20.8. The van der Waals surface area contributed by atoms with Crippen LogP contribution < -0.4 is 11.4 Å². The summed E-state index contributed by atoms with van der Waals surface area (Å²) in [7, 11) is 0. The zero-order valence-corrected chi connectivity index (χ0v) is 16.6. The van der Waals surface area contributed by atoms with Gasteiger partial charge in [-0.25, -0.2) is 9.66 Å². The molecule has 0 saturated carbocycles. The molecule has 0 unspecified atom stereocenters. The molecule has 0 aliphatic rings. The molecule has 0 aliphatic heterocycles. The predicted octanol–water partition coefficient (Wildman–Crippen LogP) is 3.92. The van der Waals surface area contributed by atoms with Crippen LogP contribution >= 0.6 is 34.7 Å². The number of nitrogens with zero attached hydrogens (tertiary/aromatic N) is 4. The quantitative estimate of drug-likeness (QED) is 0.355.